The molecule has 28 heavy (non-hydrogen) atoms. The molecular weight excluding hydrogens is 382 g/mol. The number of hydrogen-bond acceptors (Lipinski definition) is 6. The minimum Gasteiger partial charge on any atom is -0.452 e. The number of benzene rings is 1. The molecule has 0 radical (unpaired) electrons. The number of fused-ring (bicyclic) bond motifs is 1. The minimum absolute atomic E-state index is 0.0196. The van der Waals surface area contributed by atoms with Crippen LogP contribution < -0.4 is 5.32 Å². The van der Waals surface area contributed by atoms with Gasteiger partial charge in [-0.3, -0.25) is 9.59 Å². The third-order valence-electron chi connectivity index (χ3n) is 4.44. The molecule has 0 spiro atoms. The Morgan fingerprint density at radius 2 is 2.04 bits per heavy atom. The molecule has 0 aliphatic rings. The van der Waals surface area contributed by atoms with E-state index in [0.29, 0.717) is 27.7 Å². The van der Waals surface area contributed by atoms with Crippen molar-refractivity contribution in [1.82, 2.24) is 19.6 Å². The second-order valence-corrected chi connectivity index (χ2v) is 6.93. The summed E-state index contributed by atoms with van der Waals surface area (Å²) in [6.07, 6.45) is 0.421. The van der Waals surface area contributed by atoms with Crippen LogP contribution in [-0.4, -0.2) is 37.6 Å². The van der Waals surface area contributed by atoms with Crippen molar-refractivity contribution in [2.75, 3.05) is 5.32 Å². The highest BCUT2D eigenvalue weighted by Crippen LogP contribution is 2.20. The van der Waals surface area contributed by atoms with Crippen molar-refractivity contribution >= 4 is 34.9 Å². The molecule has 1 atom stereocenters. The van der Waals surface area contributed by atoms with E-state index in [4.69, 9.17) is 16.3 Å². The molecule has 146 valence electrons. The fourth-order valence-corrected chi connectivity index (χ4v) is 2.98. The second-order valence-electron chi connectivity index (χ2n) is 6.49. The van der Waals surface area contributed by atoms with Crippen molar-refractivity contribution < 1.29 is 14.3 Å². The van der Waals surface area contributed by atoms with Crippen molar-refractivity contribution in [2.45, 2.75) is 40.2 Å². The number of hydrogen-bond donors (Lipinski definition) is 1. The van der Waals surface area contributed by atoms with E-state index >= 15 is 0 Å². The van der Waals surface area contributed by atoms with Gasteiger partial charge in [0.05, 0.1) is 6.42 Å². The maximum Gasteiger partial charge on any atom is 0.311 e. The van der Waals surface area contributed by atoms with Gasteiger partial charge in [0.25, 0.3) is 11.7 Å². The number of carbonyl (C=O) groups excluding carboxylic acids is 2. The standard InChI is InChI=1S/C19H20ClN5O3/c1-10-5-6-14(20)7-16(10)24-18(27)13(4)28-17(26)8-15-11(2)23-19-21-9-22-25(19)12(15)3/h5-7,9,13H,8H2,1-4H3,(H,24,27)/t13-/m0/s1. The maximum absolute atomic E-state index is 12.4. The molecule has 0 bridgehead atoms. The first-order chi connectivity index (χ1) is 13.3. The zero-order chi connectivity index (χ0) is 20.4. The Morgan fingerprint density at radius 3 is 2.79 bits per heavy atom. The summed E-state index contributed by atoms with van der Waals surface area (Å²) >= 11 is 5.96. The lowest BCUT2D eigenvalue weighted by atomic mass is 10.1. The van der Waals surface area contributed by atoms with Crippen LogP contribution in [-0.2, 0) is 20.7 Å². The number of aryl methyl sites for hydroxylation is 3. The first kappa shape index (κ1) is 19.8. The van der Waals surface area contributed by atoms with Crippen LogP contribution in [0.2, 0.25) is 5.02 Å². The van der Waals surface area contributed by atoms with E-state index in [9.17, 15) is 9.59 Å². The van der Waals surface area contributed by atoms with Gasteiger partial charge in [0.15, 0.2) is 6.10 Å². The molecule has 0 fully saturated rings. The van der Waals surface area contributed by atoms with Gasteiger partial charge in [0.1, 0.15) is 6.33 Å². The summed E-state index contributed by atoms with van der Waals surface area (Å²) in [4.78, 5) is 33.1. The number of aromatic nitrogens is 4. The van der Waals surface area contributed by atoms with Gasteiger partial charge in [0, 0.05) is 27.7 Å². The largest absolute Gasteiger partial charge is 0.452 e. The molecule has 0 aliphatic heterocycles. The predicted octanol–water partition coefficient (Wildman–Crippen LogP) is 2.82. The Bertz CT molecular complexity index is 1060. The van der Waals surface area contributed by atoms with Gasteiger partial charge in [-0.1, -0.05) is 17.7 Å². The Hall–Kier alpha value is -3.00. The Labute approximate surface area is 166 Å². The summed E-state index contributed by atoms with van der Waals surface area (Å²) in [6.45, 7) is 6.99. The van der Waals surface area contributed by atoms with Gasteiger partial charge in [-0.2, -0.15) is 10.1 Å². The van der Waals surface area contributed by atoms with Crippen LogP contribution in [0.3, 0.4) is 0 Å². The molecule has 1 amide bonds. The van der Waals surface area contributed by atoms with Crippen LogP contribution in [0.1, 0.15) is 29.4 Å². The third-order valence-corrected chi connectivity index (χ3v) is 4.68. The van der Waals surface area contributed by atoms with Gasteiger partial charge in [-0.25, -0.2) is 9.50 Å². The van der Waals surface area contributed by atoms with Gasteiger partial charge in [-0.05, 0) is 45.4 Å². The van der Waals surface area contributed by atoms with Crippen molar-refractivity contribution in [3.8, 4) is 0 Å². The molecule has 2 heterocycles. The predicted molar refractivity (Wildman–Crippen MR) is 104 cm³/mol. The van der Waals surface area contributed by atoms with E-state index in [2.05, 4.69) is 20.4 Å². The second kappa shape index (κ2) is 7.93. The number of amides is 1. The smallest absolute Gasteiger partial charge is 0.311 e. The molecule has 0 aliphatic carbocycles. The van der Waals surface area contributed by atoms with Crippen LogP contribution in [0, 0.1) is 20.8 Å². The topological polar surface area (TPSA) is 98.5 Å². The molecule has 0 saturated heterocycles. The first-order valence-corrected chi connectivity index (χ1v) is 9.06. The Balaban J connectivity index is 1.67. The number of nitrogens with zero attached hydrogens (tertiary/aromatic N) is 4. The van der Waals surface area contributed by atoms with Crippen molar-refractivity contribution in [2.24, 2.45) is 0 Å². The van der Waals surface area contributed by atoms with Gasteiger partial charge < -0.3 is 10.1 Å². The molecule has 2 aromatic heterocycles. The van der Waals surface area contributed by atoms with Crippen molar-refractivity contribution in [1.29, 1.82) is 0 Å². The van der Waals surface area contributed by atoms with Crippen LogP contribution in [0.15, 0.2) is 24.5 Å². The lowest BCUT2D eigenvalue weighted by Gasteiger charge is -2.16. The van der Waals surface area contributed by atoms with E-state index in [0.717, 1.165) is 11.3 Å². The zero-order valence-electron chi connectivity index (χ0n) is 16.0. The summed E-state index contributed by atoms with van der Waals surface area (Å²) in [5, 5.41) is 7.33. The van der Waals surface area contributed by atoms with Crippen molar-refractivity contribution in [3.63, 3.8) is 0 Å². The molecule has 1 N–H and O–H groups in total. The molecule has 0 saturated carbocycles. The summed E-state index contributed by atoms with van der Waals surface area (Å²) < 4.78 is 6.87. The van der Waals surface area contributed by atoms with E-state index in [1.807, 2.05) is 13.8 Å². The van der Waals surface area contributed by atoms with Crippen molar-refractivity contribution in [3.05, 3.63) is 52.1 Å². The molecule has 3 aromatic rings. The highest BCUT2D eigenvalue weighted by Gasteiger charge is 2.21. The molecule has 8 nitrogen and oxygen atoms in total. The average Bonchev–Trinajstić information content (AvgIpc) is 3.10. The number of ether oxygens (including phenoxy) is 1. The summed E-state index contributed by atoms with van der Waals surface area (Å²) in [5.74, 6) is -0.494. The number of anilines is 1. The summed E-state index contributed by atoms with van der Waals surface area (Å²) in [7, 11) is 0. The quantitative estimate of drug-likeness (QED) is 0.660. The summed E-state index contributed by atoms with van der Waals surface area (Å²) in [5.41, 5.74) is 3.55. The zero-order valence-corrected chi connectivity index (χ0v) is 16.7. The van der Waals surface area contributed by atoms with Crippen LogP contribution >= 0.6 is 11.6 Å². The molecule has 9 heteroatoms. The number of halogens is 1. The van der Waals surface area contributed by atoms with Gasteiger partial charge in [-0.15, -0.1) is 0 Å². The Kier molecular flexibility index (Phi) is 5.60. The number of carbonyl (C=O) groups is 2. The number of rotatable bonds is 5. The maximum atomic E-state index is 12.4. The van der Waals surface area contributed by atoms with Crippen LogP contribution in [0.5, 0.6) is 0 Å². The molecular formula is C19H20ClN5O3. The van der Waals surface area contributed by atoms with E-state index < -0.39 is 18.0 Å². The number of nitrogens with one attached hydrogen (secondary N) is 1. The average molecular weight is 402 g/mol. The number of esters is 1. The lowest BCUT2D eigenvalue weighted by molar-refractivity contribution is -0.152. The minimum atomic E-state index is -0.963. The molecule has 1 aromatic carbocycles. The highest BCUT2D eigenvalue weighted by atomic mass is 35.5. The fraction of sp³-hybridized carbons (Fsp3) is 0.316. The van der Waals surface area contributed by atoms with E-state index in [1.165, 1.54) is 13.3 Å². The normalized spacial score (nSPS) is 12.0. The van der Waals surface area contributed by atoms with Gasteiger partial charge in [0.2, 0.25) is 0 Å². The monoisotopic (exact) mass is 401 g/mol. The SMILES string of the molecule is Cc1ccc(Cl)cc1NC(=O)[C@H](C)OC(=O)Cc1c(C)nc2ncnn2c1C. The van der Waals surface area contributed by atoms with Crippen LogP contribution in [0.4, 0.5) is 5.69 Å². The Morgan fingerprint density at radius 1 is 1.29 bits per heavy atom. The third kappa shape index (κ3) is 4.12. The summed E-state index contributed by atoms with van der Waals surface area (Å²) in [6, 6.07) is 5.18. The first-order valence-electron chi connectivity index (χ1n) is 8.68. The molecule has 0 unspecified atom stereocenters. The van der Waals surface area contributed by atoms with E-state index in [-0.39, 0.29) is 6.42 Å². The molecule has 3 rings (SSSR count). The fourth-order valence-electron chi connectivity index (χ4n) is 2.81. The lowest BCUT2D eigenvalue weighted by Crippen LogP contribution is -2.31. The van der Waals surface area contributed by atoms with Gasteiger partial charge >= 0.3 is 5.97 Å². The highest BCUT2D eigenvalue weighted by molar-refractivity contribution is 6.31. The van der Waals surface area contributed by atoms with E-state index in [1.54, 1.807) is 29.6 Å². The van der Waals surface area contributed by atoms with Crippen LogP contribution in [0.25, 0.3) is 5.78 Å².